The minimum Gasteiger partial charge on any atom is -0.383 e. The zero-order valence-corrected chi connectivity index (χ0v) is 15.9. The number of anilines is 3. The van der Waals surface area contributed by atoms with Gasteiger partial charge in [-0.1, -0.05) is 13.0 Å². The van der Waals surface area contributed by atoms with Crippen molar-refractivity contribution in [3.8, 4) is 0 Å². The van der Waals surface area contributed by atoms with Crippen LogP contribution in [0, 0.1) is 5.92 Å². The van der Waals surface area contributed by atoms with Gasteiger partial charge >= 0.3 is 0 Å². The fraction of sp³-hybridized carbons (Fsp3) is 0.550. The van der Waals surface area contributed by atoms with Crippen LogP contribution in [0.15, 0.2) is 24.4 Å². The van der Waals surface area contributed by atoms with Crippen molar-refractivity contribution in [2.75, 3.05) is 62.6 Å². The molecule has 2 aromatic rings. The number of aromatic nitrogens is 1. The lowest BCUT2D eigenvalue weighted by Gasteiger charge is -2.32. The lowest BCUT2D eigenvalue weighted by Crippen LogP contribution is -2.33. The standard InChI is InChI=1S/C20H30N4O/c1-15-7-10-24(11-8-15)20-18-13-16(23(2)3)5-6-17(18)19(14-22-20)21-9-12-25-4/h5-6,13-15,21H,7-12H2,1-4H3. The highest BCUT2D eigenvalue weighted by Crippen LogP contribution is 2.34. The van der Waals surface area contributed by atoms with E-state index in [1.807, 2.05) is 6.20 Å². The molecular weight excluding hydrogens is 312 g/mol. The van der Waals surface area contributed by atoms with Gasteiger partial charge in [-0.05, 0) is 30.9 Å². The summed E-state index contributed by atoms with van der Waals surface area (Å²) in [4.78, 5) is 9.43. The first-order valence-corrected chi connectivity index (χ1v) is 9.18. The number of hydrogen-bond acceptors (Lipinski definition) is 5. The van der Waals surface area contributed by atoms with Crippen molar-refractivity contribution in [2.24, 2.45) is 5.92 Å². The molecule has 0 radical (unpaired) electrons. The van der Waals surface area contributed by atoms with E-state index in [1.54, 1.807) is 7.11 Å². The van der Waals surface area contributed by atoms with Crippen molar-refractivity contribution in [1.29, 1.82) is 0 Å². The normalized spacial score (nSPS) is 15.6. The van der Waals surface area contributed by atoms with Gasteiger partial charge in [0.25, 0.3) is 0 Å². The maximum atomic E-state index is 5.16. The average Bonchev–Trinajstić information content (AvgIpc) is 2.62. The number of methoxy groups -OCH3 is 1. The van der Waals surface area contributed by atoms with Crippen molar-refractivity contribution in [1.82, 2.24) is 4.98 Å². The van der Waals surface area contributed by atoms with Crippen LogP contribution in [0.25, 0.3) is 10.8 Å². The van der Waals surface area contributed by atoms with Gasteiger partial charge in [-0.15, -0.1) is 0 Å². The summed E-state index contributed by atoms with van der Waals surface area (Å²) in [6.45, 7) is 5.99. The zero-order valence-electron chi connectivity index (χ0n) is 15.9. The van der Waals surface area contributed by atoms with E-state index in [-0.39, 0.29) is 0 Å². The summed E-state index contributed by atoms with van der Waals surface area (Å²) in [6, 6.07) is 6.64. The third-order valence-corrected chi connectivity index (χ3v) is 5.07. The highest BCUT2D eigenvalue weighted by molar-refractivity contribution is 6.02. The molecule has 0 saturated carbocycles. The molecule has 5 nitrogen and oxygen atoms in total. The van der Waals surface area contributed by atoms with Crippen LogP contribution in [0.2, 0.25) is 0 Å². The van der Waals surface area contributed by atoms with Crippen LogP contribution in [0.4, 0.5) is 17.2 Å². The maximum absolute atomic E-state index is 5.16. The molecule has 1 N–H and O–H groups in total. The number of rotatable bonds is 6. The summed E-state index contributed by atoms with van der Waals surface area (Å²) in [7, 11) is 5.89. The van der Waals surface area contributed by atoms with E-state index >= 15 is 0 Å². The third kappa shape index (κ3) is 3.98. The third-order valence-electron chi connectivity index (χ3n) is 5.07. The van der Waals surface area contributed by atoms with Gasteiger partial charge in [0, 0.05) is 57.3 Å². The van der Waals surface area contributed by atoms with E-state index in [9.17, 15) is 0 Å². The number of piperidine rings is 1. The molecule has 1 saturated heterocycles. The molecule has 1 aromatic carbocycles. The van der Waals surface area contributed by atoms with E-state index in [0.29, 0.717) is 6.61 Å². The fourth-order valence-electron chi connectivity index (χ4n) is 3.40. The summed E-state index contributed by atoms with van der Waals surface area (Å²) in [6.07, 6.45) is 4.45. The molecule has 1 aromatic heterocycles. The summed E-state index contributed by atoms with van der Waals surface area (Å²) in [5.41, 5.74) is 2.28. The monoisotopic (exact) mass is 342 g/mol. The average molecular weight is 342 g/mol. The Bertz CT molecular complexity index is 708. The lowest BCUT2D eigenvalue weighted by atomic mass is 9.98. The number of nitrogens with one attached hydrogen (secondary N) is 1. The Morgan fingerprint density at radius 3 is 2.68 bits per heavy atom. The molecule has 0 atom stereocenters. The Morgan fingerprint density at radius 2 is 2.00 bits per heavy atom. The van der Waals surface area contributed by atoms with Crippen molar-refractivity contribution in [2.45, 2.75) is 19.8 Å². The number of ether oxygens (including phenoxy) is 1. The number of benzene rings is 1. The van der Waals surface area contributed by atoms with Gasteiger partial charge in [-0.3, -0.25) is 0 Å². The second-order valence-electron chi connectivity index (χ2n) is 7.21. The summed E-state index contributed by atoms with van der Waals surface area (Å²) >= 11 is 0. The number of hydrogen-bond donors (Lipinski definition) is 1. The van der Waals surface area contributed by atoms with E-state index in [1.165, 1.54) is 29.3 Å². The van der Waals surface area contributed by atoms with Gasteiger partial charge in [0.1, 0.15) is 5.82 Å². The highest BCUT2D eigenvalue weighted by atomic mass is 16.5. The lowest BCUT2D eigenvalue weighted by molar-refractivity contribution is 0.211. The van der Waals surface area contributed by atoms with Gasteiger partial charge in [0.05, 0.1) is 18.5 Å². The Morgan fingerprint density at radius 1 is 1.24 bits per heavy atom. The van der Waals surface area contributed by atoms with Crippen LogP contribution in [0.1, 0.15) is 19.8 Å². The number of nitrogens with zero attached hydrogens (tertiary/aromatic N) is 3. The number of pyridine rings is 1. The molecule has 0 amide bonds. The predicted octanol–water partition coefficient (Wildman–Crippen LogP) is 3.60. The van der Waals surface area contributed by atoms with Gasteiger partial charge in [-0.25, -0.2) is 4.98 Å². The molecule has 0 spiro atoms. The largest absolute Gasteiger partial charge is 0.383 e. The quantitative estimate of drug-likeness (QED) is 0.813. The SMILES string of the molecule is COCCNc1cnc(N2CCC(C)CC2)c2cc(N(C)C)ccc12. The van der Waals surface area contributed by atoms with Crippen LogP contribution < -0.4 is 15.1 Å². The van der Waals surface area contributed by atoms with Gasteiger partial charge in [-0.2, -0.15) is 0 Å². The first-order chi connectivity index (χ1) is 12.1. The molecule has 0 aliphatic carbocycles. The van der Waals surface area contributed by atoms with Crippen LogP contribution >= 0.6 is 0 Å². The molecule has 1 aliphatic heterocycles. The van der Waals surface area contributed by atoms with Crippen molar-refractivity contribution in [3.63, 3.8) is 0 Å². The van der Waals surface area contributed by atoms with Gasteiger partial charge in [0.15, 0.2) is 0 Å². The molecular formula is C20H30N4O. The van der Waals surface area contributed by atoms with Crippen molar-refractivity contribution < 1.29 is 4.74 Å². The topological polar surface area (TPSA) is 40.6 Å². The van der Waals surface area contributed by atoms with Gasteiger partial charge in [0.2, 0.25) is 0 Å². The number of fused-ring (bicyclic) bond motifs is 1. The molecule has 1 aliphatic rings. The minimum absolute atomic E-state index is 0.684. The summed E-state index contributed by atoms with van der Waals surface area (Å²) in [5, 5.41) is 5.91. The Labute approximate surface area is 151 Å². The second kappa shape index (κ2) is 7.91. The van der Waals surface area contributed by atoms with Crippen molar-refractivity contribution >= 4 is 28.0 Å². The zero-order chi connectivity index (χ0) is 17.8. The minimum atomic E-state index is 0.684. The molecule has 0 unspecified atom stereocenters. The van der Waals surface area contributed by atoms with E-state index < -0.39 is 0 Å². The fourth-order valence-corrected chi connectivity index (χ4v) is 3.40. The molecule has 0 bridgehead atoms. The first kappa shape index (κ1) is 17.8. The Kier molecular flexibility index (Phi) is 5.63. The maximum Gasteiger partial charge on any atom is 0.136 e. The molecule has 136 valence electrons. The molecule has 2 heterocycles. The Hall–Kier alpha value is -2.01. The van der Waals surface area contributed by atoms with Gasteiger partial charge < -0.3 is 19.9 Å². The van der Waals surface area contributed by atoms with Crippen LogP contribution in [0.5, 0.6) is 0 Å². The molecule has 1 fully saturated rings. The molecule has 25 heavy (non-hydrogen) atoms. The second-order valence-corrected chi connectivity index (χ2v) is 7.21. The summed E-state index contributed by atoms with van der Waals surface area (Å²) in [5.74, 6) is 1.93. The highest BCUT2D eigenvalue weighted by Gasteiger charge is 2.20. The first-order valence-electron chi connectivity index (χ1n) is 9.18. The van der Waals surface area contributed by atoms with Crippen LogP contribution in [-0.4, -0.2) is 52.4 Å². The summed E-state index contributed by atoms with van der Waals surface area (Å²) < 4.78 is 5.16. The van der Waals surface area contributed by atoms with E-state index in [0.717, 1.165) is 37.1 Å². The van der Waals surface area contributed by atoms with Crippen LogP contribution in [-0.2, 0) is 4.74 Å². The predicted molar refractivity (Wildman–Crippen MR) is 107 cm³/mol. The van der Waals surface area contributed by atoms with E-state index in [2.05, 4.69) is 54.3 Å². The van der Waals surface area contributed by atoms with Crippen LogP contribution in [0.3, 0.4) is 0 Å². The smallest absolute Gasteiger partial charge is 0.136 e. The van der Waals surface area contributed by atoms with Crippen molar-refractivity contribution in [3.05, 3.63) is 24.4 Å². The molecule has 5 heteroatoms. The molecule has 3 rings (SSSR count). The Balaban J connectivity index is 2.00. The van der Waals surface area contributed by atoms with E-state index in [4.69, 9.17) is 9.72 Å².